The average molecular weight is 211 g/mol. The van der Waals surface area contributed by atoms with Crippen molar-refractivity contribution in [3.8, 4) is 0 Å². The first-order chi connectivity index (χ1) is 6.42. The van der Waals surface area contributed by atoms with Gasteiger partial charge in [-0.3, -0.25) is 4.79 Å². The van der Waals surface area contributed by atoms with Crippen molar-refractivity contribution >= 4 is 17.4 Å². The average Bonchev–Trinajstić information content (AvgIpc) is 2.25. The third-order valence-corrected chi connectivity index (χ3v) is 2.35. The maximum atomic E-state index is 11.7. The summed E-state index contributed by atoms with van der Waals surface area (Å²) in [6.45, 7) is 5.68. The van der Waals surface area contributed by atoms with Crippen molar-refractivity contribution in [1.82, 2.24) is 0 Å². The van der Waals surface area contributed by atoms with Crippen LogP contribution in [0, 0.1) is 5.92 Å². The maximum absolute atomic E-state index is 11.7. The Labute approximate surface area is 90.1 Å². The largest absolute Gasteiger partial charge is 0.294 e. The Morgan fingerprint density at radius 2 is 2.07 bits per heavy atom. The normalized spacial score (nSPS) is 26.2. The van der Waals surface area contributed by atoms with Gasteiger partial charge in [-0.2, -0.15) is 0 Å². The van der Waals surface area contributed by atoms with Gasteiger partial charge in [-0.15, -0.1) is 11.6 Å². The van der Waals surface area contributed by atoms with Crippen molar-refractivity contribution in [2.45, 2.75) is 25.6 Å². The van der Waals surface area contributed by atoms with Crippen molar-refractivity contribution in [1.29, 1.82) is 0 Å². The zero-order chi connectivity index (χ0) is 10.8. The molecule has 0 aliphatic heterocycles. The predicted octanol–water partition coefficient (Wildman–Crippen LogP) is 3.26. The van der Waals surface area contributed by atoms with Gasteiger partial charge in [0.1, 0.15) is 0 Å². The number of hydrogen-bond donors (Lipinski definition) is 0. The quantitative estimate of drug-likeness (QED) is 0.640. The number of carbonyl (C=O) groups excluding carboxylic acids is 1. The summed E-state index contributed by atoms with van der Waals surface area (Å²) >= 11 is 6.11. The highest BCUT2D eigenvalue weighted by Crippen LogP contribution is 2.22. The van der Waals surface area contributed by atoms with Gasteiger partial charge in [0.2, 0.25) is 0 Å². The molecule has 0 amide bonds. The predicted molar refractivity (Wildman–Crippen MR) is 60.5 cm³/mol. The topological polar surface area (TPSA) is 17.1 Å². The zero-order valence-corrected chi connectivity index (χ0v) is 9.51. The molecule has 0 saturated heterocycles. The lowest BCUT2D eigenvalue weighted by Gasteiger charge is -2.09. The molecular weight excluding hydrogens is 196 g/mol. The Morgan fingerprint density at radius 3 is 2.64 bits per heavy atom. The lowest BCUT2D eigenvalue weighted by molar-refractivity contribution is -0.117. The molecule has 0 spiro atoms. The van der Waals surface area contributed by atoms with E-state index in [4.69, 9.17) is 11.6 Å². The molecule has 0 N–H and O–H groups in total. The molecule has 0 aromatic rings. The molecule has 0 aromatic heterocycles. The second-order valence-electron chi connectivity index (χ2n) is 3.98. The number of hydrogen-bond acceptors (Lipinski definition) is 1. The van der Waals surface area contributed by atoms with Crippen LogP contribution in [0.3, 0.4) is 0 Å². The molecule has 1 aliphatic rings. The van der Waals surface area contributed by atoms with Crippen LogP contribution >= 0.6 is 11.6 Å². The van der Waals surface area contributed by atoms with Crippen LogP contribution in [0.5, 0.6) is 0 Å². The first kappa shape index (κ1) is 11.3. The van der Waals surface area contributed by atoms with Crippen LogP contribution < -0.4 is 0 Å². The van der Waals surface area contributed by atoms with E-state index in [1.54, 1.807) is 6.08 Å². The maximum Gasteiger partial charge on any atom is 0.165 e. The Balaban J connectivity index is 2.90. The molecule has 1 nitrogen and oxygen atoms in total. The van der Waals surface area contributed by atoms with E-state index >= 15 is 0 Å². The number of allylic oxidation sites excluding steroid dienone is 6. The minimum absolute atomic E-state index is 0.0268. The van der Waals surface area contributed by atoms with Crippen LogP contribution in [0.4, 0.5) is 0 Å². The second-order valence-corrected chi connectivity index (χ2v) is 4.80. The Kier molecular flexibility index (Phi) is 3.33. The molecule has 0 saturated carbocycles. The highest BCUT2D eigenvalue weighted by molar-refractivity contribution is 6.26. The van der Waals surface area contributed by atoms with Crippen molar-refractivity contribution in [2.24, 2.45) is 5.92 Å². The Bertz CT molecular complexity index is 319. The van der Waals surface area contributed by atoms with Gasteiger partial charge in [-0.1, -0.05) is 44.2 Å². The summed E-state index contributed by atoms with van der Waals surface area (Å²) in [5.74, 6) is 0.180. The first-order valence-electron chi connectivity index (χ1n) is 4.74. The fourth-order valence-electron chi connectivity index (χ4n) is 1.20. The molecule has 0 bridgehead atoms. The first-order valence-corrected chi connectivity index (χ1v) is 5.12. The number of carbonyl (C=O) groups is 1. The summed E-state index contributed by atoms with van der Waals surface area (Å²) in [4.78, 5) is 11.2. The SMILES string of the molecule is CC(C)C(=O)C1=CC=CC(C)(Cl)C=C1. The molecule has 1 aliphatic carbocycles. The number of ketones is 1. The van der Waals surface area contributed by atoms with E-state index in [1.807, 2.05) is 45.1 Å². The van der Waals surface area contributed by atoms with Gasteiger partial charge in [0.15, 0.2) is 5.78 Å². The third kappa shape index (κ3) is 2.85. The summed E-state index contributed by atoms with van der Waals surface area (Å²) in [6, 6.07) is 0. The standard InChI is InChI=1S/C12H15ClO/c1-9(2)11(14)10-5-4-7-12(3,13)8-6-10/h4-9H,1-3H3. The molecule has 1 rings (SSSR count). The Morgan fingerprint density at radius 1 is 1.43 bits per heavy atom. The van der Waals surface area contributed by atoms with Crippen molar-refractivity contribution in [3.05, 3.63) is 36.0 Å². The van der Waals surface area contributed by atoms with Gasteiger partial charge in [0, 0.05) is 11.5 Å². The number of rotatable bonds is 2. The molecule has 0 aromatic carbocycles. The summed E-state index contributed by atoms with van der Waals surface area (Å²) in [7, 11) is 0. The fraction of sp³-hybridized carbons (Fsp3) is 0.417. The van der Waals surface area contributed by atoms with E-state index in [0.717, 1.165) is 5.57 Å². The molecule has 0 fully saturated rings. The van der Waals surface area contributed by atoms with E-state index < -0.39 is 4.87 Å². The van der Waals surface area contributed by atoms with E-state index in [1.165, 1.54) is 0 Å². The van der Waals surface area contributed by atoms with Gasteiger partial charge in [-0.25, -0.2) is 0 Å². The Hall–Kier alpha value is -0.820. The number of alkyl halides is 1. The van der Waals surface area contributed by atoms with E-state index in [0.29, 0.717) is 0 Å². The summed E-state index contributed by atoms with van der Waals surface area (Å²) in [6.07, 6.45) is 9.15. The molecule has 76 valence electrons. The van der Waals surface area contributed by atoms with Crippen LogP contribution in [-0.2, 0) is 4.79 Å². The lowest BCUT2D eigenvalue weighted by atomic mass is 10.0. The van der Waals surface area contributed by atoms with Gasteiger partial charge in [0.05, 0.1) is 4.87 Å². The monoisotopic (exact) mass is 210 g/mol. The summed E-state index contributed by atoms with van der Waals surface area (Å²) < 4.78 is 0. The highest BCUT2D eigenvalue weighted by Gasteiger charge is 2.17. The van der Waals surface area contributed by atoms with Gasteiger partial charge < -0.3 is 0 Å². The fourth-order valence-corrected chi connectivity index (χ4v) is 1.34. The van der Waals surface area contributed by atoms with Crippen LogP contribution in [0.1, 0.15) is 20.8 Å². The third-order valence-electron chi connectivity index (χ3n) is 2.10. The smallest absolute Gasteiger partial charge is 0.165 e. The zero-order valence-electron chi connectivity index (χ0n) is 8.75. The van der Waals surface area contributed by atoms with E-state index in [-0.39, 0.29) is 11.7 Å². The number of halogens is 1. The van der Waals surface area contributed by atoms with Crippen LogP contribution in [0.2, 0.25) is 0 Å². The summed E-state index contributed by atoms with van der Waals surface area (Å²) in [5, 5.41) is 0. The molecular formula is C12H15ClO. The molecule has 1 atom stereocenters. The van der Waals surface area contributed by atoms with Crippen LogP contribution in [-0.4, -0.2) is 10.7 Å². The van der Waals surface area contributed by atoms with E-state index in [9.17, 15) is 4.79 Å². The minimum Gasteiger partial charge on any atom is -0.294 e. The highest BCUT2D eigenvalue weighted by atomic mass is 35.5. The minimum atomic E-state index is -0.477. The molecule has 0 radical (unpaired) electrons. The van der Waals surface area contributed by atoms with Crippen LogP contribution in [0.15, 0.2) is 36.0 Å². The summed E-state index contributed by atoms with van der Waals surface area (Å²) in [5.41, 5.74) is 0.723. The van der Waals surface area contributed by atoms with Crippen molar-refractivity contribution < 1.29 is 4.79 Å². The van der Waals surface area contributed by atoms with E-state index in [2.05, 4.69) is 0 Å². The van der Waals surface area contributed by atoms with Gasteiger partial charge in [0.25, 0.3) is 0 Å². The molecule has 0 heterocycles. The number of Topliss-reactive ketones (excluding diaryl/α,β-unsaturated/α-hetero) is 1. The van der Waals surface area contributed by atoms with Gasteiger partial charge >= 0.3 is 0 Å². The van der Waals surface area contributed by atoms with Gasteiger partial charge in [-0.05, 0) is 6.92 Å². The lowest BCUT2D eigenvalue weighted by Crippen LogP contribution is -2.09. The molecule has 1 unspecified atom stereocenters. The molecule has 14 heavy (non-hydrogen) atoms. The van der Waals surface area contributed by atoms with Crippen molar-refractivity contribution in [3.63, 3.8) is 0 Å². The second kappa shape index (κ2) is 4.14. The van der Waals surface area contributed by atoms with Crippen LogP contribution in [0.25, 0.3) is 0 Å². The molecule has 2 heteroatoms. The van der Waals surface area contributed by atoms with Crippen molar-refractivity contribution in [2.75, 3.05) is 0 Å².